The van der Waals surface area contributed by atoms with Gasteiger partial charge >= 0.3 is 0 Å². The maximum absolute atomic E-state index is 13.3. The number of benzene rings is 1. The van der Waals surface area contributed by atoms with Gasteiger partial charge in [-0.2, -0.15) is 4.98 Å². The lowest BCUT2D eigenvalue weighted by Crippen LogP contribution is -2.24. The molecule has 0 amide bonds. The molecular weight excluding hydrogens is 542 g/mol. The van der Waals surface area contributed by atoms with E-state index in [1.54, 1.807) is 51.2 Å². The highest BCUT2D eigenvalue weighted by molar-refractivity contribution is 9.10. The van der Waals surface area contributed by atoms with E-state index in [9.17, 15) is 9.90 Å². The quantitative estimate of drug-likeness (QED) is 0.353. The normalized spacial score (nSPS) is 11.6. The first-order valence-corrected chi connectivity index (χ1v) is 12.3. The predicted octanol–water partition coefficient (Wildman–Crippen LogP) is 4.99. The van der Waals surface area contributed by atoms with Crippen LogP contribution in [0.3, 0.4) is 0 Å². The van der Waals surface area contributed by atoms with Gasteiger partial charge in [0.25, 0.3) is 5.56 Å². The smallest absolute Gasteiger partial charge is 0.276 e. The predicted molar refractivity (Wildman–Crippen MR) is 135 cm³/mol. The van der Waals surface area contributed by atoms with E-state index in [0.29, 0.717) is 27.8 Å². The Bertz CT molecular complexity index is 1430. The van der Waals surface area contributed by atoms with E-state index >= 15 is 0 Å². The topological polar surface area (TPSA) is 103 Å². The highest BCUT2D eigenvalue weighted by atomic mass is 79.9. The number of hydrogen-bond acceptors (Lipinski definition) is 8. The number of aromatic nitrogens is 5. The third kappa shape index (κ3) is 5.05. The Morgan fingerprint density at radius 3 is 2.65 bits per heavy atom. The number of hydrogen-bond donors (Lipinski definition) is 1. The van der Waals surface area contributed by atoms with Gasteiger partial charge in [0.2, 0.25) is 5.88 Å². The van der Waals surface area contributed by atoms with Crippen LogP contribution in [0.2, 0.25) is 5.02 Å². The van der Waals surface area contributed by atoms with Crippen LogP contribution >= 0.6 is 38.9 Å². The molecule has 0 bridgehead atoms. The molecule has 0 aliphatic carbocycles. The summed E-state index contributed by atoms with van der Waals surface area (Å²) in [5.41, 5.74) is 0.941. The first kappa shape index (κ1) is 24.5. The average molecular weight is 563 g/mol. The van der Waals surface area contributed by atoms with E-state index < -0.39 is 5.60 Å². The van der Waals surface area contributed by atoms with Crippen LogP contribution in [0.5, 0.6) is 5.88 Å². The monoisotopic (exact) mass is 561 g/mol. The van der Waals surface area contributed by atoms with Crippen molar-refractivity contribution in [2.75, 3.05) is 0 Å². The van der Waals surface area contributed by atoms with Crippen LogP contribution in [0.4, 0.5) is 0 Å². The molecule has 0 spiro atoms. The van der Waals surface area contributed by atoms with Crippen LogP contribution in [0.25, 0.3) is 16.9 Å². The molecule has 11 heteroatoms. The van der Waals surface area contributed by atoms with Gasteiger partial charge in [0.1, 0.15) is 22.5 Å². The Balaban J connectivity index is 1.73. The molecule has 0 saturated heterocycles. The van der Waals surface area contributed by atoms with Crippen LogP contribution in [-0.4, -0.2) is 29.6 Å². The second kappa shape index (κ2) is 9.53. The van der Waals surface area contributed by atoms with Crippen molar-refractivity contribution >= 4 is 38.9 Å². The molecule has 3 heterocycles. The number of thiazole rings is 1. The van der Waals surface area contributed by atoms with Gasteiger partial charge in [0.05, 0.1) is 27.1 Å². The number of halogens is 2. The minimum absolute atomic E-state index is 0.179. The average Bonchev–Trinajstić information content (AvgIpc) is 3.21. The van der Waals surface area contributed by atoms with E-state index in [-0.39, 0.29) is 28.3 Å². The number of rotatable bonds is 6. The summed E-state index contributed by atoms with van der Waals surface area (Å²) in [4.78, 5) is 30.7. The highest BCUT2D eigenvalue weighted by Crippen LogP contribution is 2.29. The molecule has 4 rings (SSSR count). The fraction of sp³-hybridized carbons (Fsp3) is 0.261. The van der Waals surface area contributed by atoms with Crippen molar-refractivity contribution in [1.29, 1.82) is 0 Å². The van der Waals surface area contributed by atoms with Crippen LogP contribution in [0.1, 0.15) is 36.2 Å². The molecule has 1 N–H and O–H groups in total. The van der Waals surface area contributed by atoms with Crippen LogP contribution < -0.4 is 10.3 Å². The lowest BCUT2D eigenvalue weighted by atomic mass is 10.1. The molecule has 0 radical (unpaired) electrons. The first-order valence-electron chi connectivity index (χ1n) is 10.2. The Morgan fingerprint density at radius 2 is 1.97 bits per heavy atom. The zero-order valence-corrected chi connectivity index (χ0v) is 22.0. The van der Waals surface area contributed by atoms with E-state index in [1.807, 2.05) is 12.3 Å². The van der Waals surface area contributed by atoms with Crippen LogP contribution in [0, 0.1) is 13.8 Å². The molecule has 3 aromatic heterocycles. The zero-order valence-electron chi connectivity index (χ0n) is 18.8. The van der Waals surface area contributed by atoms with Crippen molar-refractivity contribution in [2.24, 2.45) is 0 Å². The third-order valence-corrected chi connectivity index (χ3v) is 6.69. The van der Waals surface area contributed by atoms with E-state index in [0.717, 1.165) is 10.7 Å². The summed E-state index contributed by atoms with van der Waals surface area (Å²) in [6.07, 6.45) is 1.58. The summed E-state index contributed by atoms with van der Waals surface area (Å²) in [6, 6.07) is 6.95. The van der Waals surface area contributed by atoms with E-state index in [1.165, 1.54) is 15.9 Å². The number of ether oxygens (including phenoxy) is 1. The van der Waals surface area contributed by atoms with Gasteiger partial charge in [0, 0.05) is 17.1 Å². The fourth-order valence-electron chi connectivity index (χ4n) is 3.24. The minimum Gasteiger partial charge on any atom is -0.470 e. The largest absolute Gasteiger partial charge is 0.470 e. The fourth-order valence-corrected chi connectivity index (χ4v) is 4.42. The summed E-state index contributed by atoms with van der Waals surface area (Å²) in [6.45, 7) is 7.05. The maximum Gasteiger partial charge on any atom is 0.276 e. The summed E-state index contributed by atoms with van der Waals surface area (Å²) in [5.74, 6) is 0.870. The molecule has 34 heavy (non-hydrogen) atoms. The molecule has 1 aromatic carbocycles. The van der Waals surface area contributed by atoms with Gasteiger partial charge in [0.15, 0.2) is 5.82 Å². The lowest BCUT2D eigenvalue weighted by Gasteiger charge is -2.17. The number of aliphatic hydroxyl groups is 1. The van der Waals surface area contributed by atoms with Gasteiger partial charge in [-0.3, -0.25) is 9.36 Å². The molecule has 0 aliphatic heterocycles. The van der Waals surface area contributed by atoms with Crippen molar-refractivity contribution in [2.45, 2.75) is 39.9 Å². The Kier molecular flexibility index (Phi) is 6.86. The van der Waals surface area contributed by atoms with Crippen LogP contribution in [0.15, 0.2) is 45.1 Å². The maximum atomic E-state index is 13.3. The van der Waals surface area contributed by atoms with Gasteiger partial charge in [-0.25, -0.2) is 15.0 Å². The van der Waals surface area contributed by atoms with Crippen molar-refractivity contribution in [3.63, 3.8) is 0 Å². The Morgan fingerprint density at radius 1 is 1.21 bits per heavy atom. The lowest BCUT2D eigenvalue weighted by molar-refractivity contribution is 0.0688. The van der Waals surface area contributed by atoms with Crippen molar-refractivity contribution in [3.8, 4) is 22.8 Å². The number of aryl methyl sites for hydroxylation is 2. The standard InChI is InChI=1S/C23H21BrClN5O3S/c1-12-27-20(33-10-15-11-34-13(2)28-15)19(24)21(31)30(12)18-9-14(5-6-16(18)25)17-7-8-26-22(29-17)23(3,4)32/h5-9,11,32H,10H2,1-4H3. The summed E-state index contributed by atoms with van der Waals surface area (Å²) < 4.78 is 7.35. The molecule has 8 nitrogen and oxygen atoms in total. The minimum atomic E-state index is -1.19. The van der Waals surface area contributed by atoms with Crippen molar-refractivity contribution in [1.82, 2.24) is 24.5 Å². The van der Waals surface area contributed by atoms with Gasteiger partial charge in [-0.1, -0.05) is 17.7 Å². The molecule has 0 atom stereocenters. The highest BCUT2D eigenvalue weighted by Gasteiger charge is 2.21. The summed E-state index contributed by atoms with van der Waals surface area (Å²) in [5, 5.41) is 13.5. The summed E-state index contributed by atoms with van der Waals surface area (Å²) in [7, 11) is 0. The second-order valence-electron chi connectivity index (χ2n) is 8.06. The zero-order chi connectivity index (χ0) is 24.6. The molecular formula is C23H21BrClN5O3S. The Hall–Kier alpha value is -2.66. The SMILES string of the molecule is Cc1nc(COc2nc(C)n(-c3cc(-c4ccnc(C(C)(C)O)n4)ccc3Cl)c(=O)c2Br)cs1. The van der Waals surface area contributed by atoms with Crippen molar-refractivity contribution < 1.29 is 9.84 Å². The van der Waals surface area contributed by atoms with E-state index in [2.05, 4.69) is 35.9 Å². The third-order valence-electron chi connectivity index (χ3n) is 4.87. The molecule has 0 unspecified atom stereocenters. The van der Waals surface area contributed by atoms with Gasteiger partial charge in [-0.15, -0.1) is 11.3 Å². The second-order valence-corrected chi connectivity index (χ2v) is 10.3. The molecule has 0 saturated carbocycles. The Labute approximate surface area is 213 Å². The summed E-state index contributed by atoms with van der Waals surface area (Å²) >= 11 is 11.3. The first-order chi connectivity index (χ1) is 16.0. The van der Waals surface area contributed by atoms with E-state index in [4.69, 9.17) is 16.3 Å². The van der Waals surface area contributed by atoms with Gasteiger partial charge < -0.3 is 9.84 Å². The van der Waals surface area contributed by atoms with Crippen LogP contribution in [-0.2, 0) is 12.2 Å². The molecule has 4 aromatic rings. The number of nitrogens with zero attached hydrogens (tertiary/aromatic N) is 5. The molecule has 176 valence electrons. The van der Waals surface area contributed by atoms with Gasteiger partial charge in [-0.05, 0) is 61.8 Å². The molecule has 0 aliphatic rings. The van der Waals surface area contributed by atoms with Crippen molar-refractivity contribution in [3.05, 3.63) is 78.0 Å². The molecule has 0 fully saturated rings.